The molecule has 2 heterocycles. The summed E-state index contributed by atoms with van der Waals surface area (Å²) in [5.74, 6) is 0. The van der Waals surface area contributed by atoms with Crippen molar-refractivity contribution in [3.63, 3.8) is 0 Å². The summed E-state index contributed by atoms with van der Waals surface area (Å²) in [6.45, 7) is 2.17. The third-order valence-electron chi connectivity index (χ3n) is 3.78. The van der Waals surface area contributed by atoms with Gasteiger partial charge in [0.25, 0.3) is 0 Å². The van der Waals surface area contributed by atoms with E-state index in [0.29, 0.717) is 6.04 Å². The molecule has 0 aromatic heterocycles. The molecule has 1 N–H and O–H groups in total. The van der Waals surface area contributed by atoms with Gasteiger partial charge in [0, 0.05) is 32.0 Å². The summed E-state index contributed by atoms with van der Waals surface area (Å²) in [6, 6.07) is 9.08. The molecule has 1 aromatic rings. The molecule has 0 saturated carbocycles. The fraction of sp³-hybridized carbons (Fsp3) is 0.462. The lowest BCUT2D eigenvalue weighted by molar-refractivity contribution is 0.176. The first-order valence-corrected chi connectivity index (χ1v) is 5.90. The molecular weight excluding hydrogens is 200 g/mol. The average molecular weight is 216 g/mol. The summed E-state index contributed by atoms with van der Waals surface area (Å²) in [5.41, 5.74) is 3.83. The number of oxime groups is 1. The van der Waals surface area contributed by atoms with Crippen molar-refractivity contribution in [1.82, 2.24) is 4.90 Å². The molecule has 1 atom stereocenters. The van der Waals surface area contributed by atoms with Gasteiger partial charge in [0.15, 0.2) is 0 Å². The number of fused-ring (bicyclic) bond motifs is 3. The maximum Gasteiger partial charge on any atom is 0.0602 e. The molecular formula is C13H16N2O. The van der Waals surface area contributed by atoms with E-state index in [-0.39, 0.29) is 0 Å². The monoisotopic (exact) mass is 216 g/mol. The van der Waals surface area contributed by atoms with Gasteiger partial charge in [-0.3, -0.25) is 4.90 Å². The zero-order valence-corrected chi connectivity index (χ0v) is 9.26. The Labute approximate surface area is 95.4 Å². The van der Waals surface area contributed by atoms with Crippen LogP contribution in [0.15, 0.2) is 29.4 Å². The van der Waals surface area contributed by atoms with Gasteiger partial charge in [-0.15, -0.1) is 0 Å². The van der Waals surface area contributed by atoms with Crippen LogP contribution >= 0.6 is 0 Å². The van der Waals surface area contributed by atoms with E-state index < -0.39 is 0 Å². The lowest BCUT2D eigenvalue weighted by atomic mass is 9.86. The van der Waals surface area contributed by atoms with Gasteiger partial charge in [-0.1, -0.05) is 29.4 Å². The van der Waals surface area contributed by atoms with Crippen LogP contribution in [0.2, 0.25) is 0 Å². The Bertz CT molecular complexity index is 428. The van der Waals surface area contributed by atoms with Crippen molar-refractivity contribution >= 4 is 5.71 Å². The minimum Gasteiger partial charge on any atom is -0.411 e. The Balaban J connectivity index is 1.96. The maximum atomic E-state index is 8.90. The van der Waals surface area contributed by atoms with E-state index in [1.165, 1.54) is 11.1 Å². The highest BCUT2D eigenvalue weighted by atomic mass is 16.4. The number of rotatable bonds is 0. The van der Waals surface area contributed by atoms with Gasteiger partial charge in [0.1, 0.15) is 0 Å². The lowest BCUT2D eigenvalue weighted by Gasteiger charge is -2.40. The zero-order valence-electron chi connectivity index (χ0n) is 9.26. The highest BCUT2D eigenvalue weighted by Gasteiger charge is 2.31. The second kappa shape index (κ2) is 3.91. The first-order valence-electron chi connectivity index (χ1n) is 5.90. The standard InChI is InChI=1S/C13H16N2O/c16-14-11-6-8-15-7-5-10-3-1-2-4-12(10)13(15)9-11/h1-4,13,16H,5-9H2. The summed E-state index contributed by atoms with van der Waals surface area (Å²) in [5, 5.41) is 12.3. The lowest BCUT2D eigenvalue weighted by Crippen LogP contribution is -2.41. The molecule has 0 aliphatic carbocycles. The molecule has 0 radical (unpaired) electrons. The summed E-state index contributed by atoms with van der Waals surface area (Å²) < 4.78 is 0. The minimum atomic E-state index is 0.435. The number of hydrogen-bond acceptors (Lipinski definition) is 3. The van der Waals surface area contributed by atoms with Crippen molar-refractivity contribution in [3.8, 4) is 0 Å². The Hall–Kier alpha value is -1.35. The van der Waals surface area contributed by atoms with E-state index in [0.717, 1.165) is 38.1 Å². The van der Waals surface area contributed by atoms with Crippen LogP contribution < -0.4 is 0 Å². The molecule has 2 aliphatic heterocycles. The van der Waals surface area contributed by atoms with E-state index in [2.05, 4.69) is 34.3 Å². The predicted octanol–water partition coefficient (Wildman–Crippen LogP) is 2.21. The summed E-state index contributed by atoms with van der Waals surface area (Å²) in [4.78, 5) is 2.51. The van der Waals surface area contributed by atoms with Crippen LogP contribution in [0.25, 0.3) is 0 Å². The quantitative estimate of drug-likeness (QED) is 0.533. The smallest absolute Gasteiger partial charge is 0.0602 e. The molecule has 2 aliphatic rings. The molecule has 84 valence electrons. The Kier molecular flexibility index (Phi) is 2.40. The molecule has 1 aromatic carbocycles. The SMILES string of the molecule is ON=C1CCN2CCc3ccccc3C2C1. The van der Waals surface area contributed by atoms with Crippen molar-refractivity contribution in [1.29, 1.82) is 0 Å². The Morgan fingerprint density at radius 3 is 2.88 bits per heavy atom. The van der Waals surface area contributed by atoms with E-state index in [9.17, 15) is 0 Å². The van der Waals surface area contributed by atoms with E-state index in [1.54, 1.807) is 0 Å². The molecule has 1 saturated heterocycles. The highest BCUT2D eigenvalue weighted by Crippen LogP contribution is 2.35. The Morgan fingerprint density at radius 1 is 1.19 bits per heavy atom. The zero-order chi connectivity index (χ0) is 11.0. The van der Waals surface area contributed by atoms with Crippen molar-refractivity contribution < 1.29 is 5.21 Å². The van der Waals surface area contributed by atoms with Gasteiger partial charge >= 0.3 is 0 Å². The van der Waals surface area contributed by atoms with Gasteiger partial charge in [0.05, 0.1) is 5.71 Å². The van der Waals surface area contributed by atoms with Gasteiger partial charge in [-0.05, 0) is 17.5 Å². The van der Waals surface area contributed by atoms with Crippen LogP contribution in [-0.2, 0) is 6.42 Å². The second-order valence-corrected chi connectivity index (χ2v) is 4.62. The van der Waals surface area contributed by atoms with Crippen molar-refractivity contribution in [2.75, 3.05) is 13.1 Å². The van der Waals surface area contributed by atoms with Crippen LogP contribution in [0.4, 0.5) is 0 Å². The van der Waals surface area contributed by atoms with E-state index >= 15 is 0 Å². The molecule has 16 heavy (non-hydrogen) atoms. The molecule has 0 bridgehead atoms. The Morgan fingerprint density at radius 2 is 2.00 bits per heavy atom. The summed E-state index contributed by atoms with van der Waals surface area (Å²) in [7, 11) is 0. The molecule has 0 amide bonds. The highest BCUT2D eigenvalue weighted by molar-refractivity contribution is 5.85. The van der Waals surface area contributed by atoms with Crippen LogP contribution in [0.3, 0.4) is 0 Å². The number of benzene rings is 1. The van der Waals surface area contributed by atoms with Crippen molar-refractivity contribution in [2.24, 2.45) is 5.16 Å². The minimum absolute atomic E-state index is 0.435. The normalized spacial score (nSPS) is 27.5. The van der Waals surface area contributed by atoms with Crippen LogP contribution in [-0.4, -0.2) is 28.9 Å². The number of hydrogen-bond donors (Lipinski definition) is 1. The largest absolute Gasteiger partial charge is 0.411 e. The molecule has 3 rings (SSSR count). The predicted molar refractivity (Wildman–Crippen MR) is 62.9 cm³/mol. The molecule has 1 fully saturated rings. The fourth-order valence-electron chi connectivity index (χ4n) is 2.90. The number of nitrogens with zero attached hydrogens (tertiary/aromatic N) is 2. The number of piperidine rings is 1. The van der Waals surface area contributed by atoms with Crippen molar-refractivity contribution in [3.05, 3.63) is 35.4 Å². The third-order valence-corrected chi connectivity index (χ3v) is 3.78. The third kappa shape index (κ3) is 1.52. The maximum absolute atomic E-state index is 8.90. The summed E-state index contributed by atoms with van der Waals surface area (Å²) in [6.07, 6.45) is 2.95. The van der Waals surface area contributed by atoms with Crippen molar-refractivity contribution in [2.45, 2.75) is 25.3 Å². The van der Waals surface area contributed by atoms with Gasteiger partial charge in [-0.25, -0.2) is 0 Å². The average Bonchev–Trinajstić information content (AvgIpc) is 2.38. The van der Waals surface area contributed by atoms with E-state index in [4.69, 9.17) is 5.21 Å². The fourth-order valence-corrected chi connectivity index (χ4v) is 2.90. The van der Waals surface area contributed by atoms with E-state index in [1.807, 2.05) is 0 Å². The summed E-state index contributed by atoms with van der Waals surface area (Å²) >= 11 is 0. The topological polar surface area (TPSA) is 35.8 Å². The van der Waals surface area contributed by atoms with Gasteiger partial charge in [-0.2, -0.15) is 0 Å². The molecule has 3 heteroatoms. The molecule has 1 unspecified atom stereocenters. The van der Waals surface area contributed by atoms with Gasteiger partial charge < -0.3 is 5.21 Å². The molecule has 3 nitrogen and oxygen atoms in total. The first-order chi connectivity index (χ1) is 7.88. The second-order valence-electron chi connectivity index (χ2n) is 4.62. The van der Waals surface area contributed by atoms with Crippen LogP contribution in [0.5, 0.6) is 0 Å². The first kappa shape index (κ1) is 9.85. The van der Waals surface area contributed by atoms with Crippen LogP contribution in [0.1, 0.15) is 30.0 Å². The van der Waals surface area contributed by atoms with Crippen LogP contribution in [0, 0.1) is 0 Å². The molecule has 0 spiro atoms. The van der Waals surface area contributed by atoms with Gasteiger partial charge in [0.2, 0.25) is 0 Å².